The molecule has 2 aromatic carbocycles. The molecule has 1 aliphatic rings. The van der Waals surface area contributed by atoms with E-state index in [-0.39, 0.29) is 6.61 Å². The van der Waals surface area contributed by atoms with Crippen LogP contribution in [0.15, 0.2) is 60.7 Å². The monoisotopic (exact) mass is 482 g/mol. The van der Waals surface area contributed by atoms with E-state index >= 15 is 0 Å². The second-order valence-electron chi connectivity index (χ2n) is 8.52. The van der Waals surface area contributed by atoms with Crippen molar-refractivity contribution in [3.63, 3.8) is 0 Å². The second-order valence-corrected chi connectivity index (χ2v) is 8.52. The molecule has 0 unspecified atom stereocenters. The maximum absolute atomic E-state index is 12.8. The van der Waals surface area contributed by atoms with Crippen LogP contribution in [0.3, 0.4) is 0 Å². The van der Waals surface area contributed by atoms with E-state index in [0.29, 0.717) is 24.4 Å². The lowest BCUT2D eigenvalue weighted by Crippen LogP contribution is -2.51. The highest BCUT2D eigenvalue weighted by Gasteiger charge is 2.35. The van der Waals surface area contributed by atoms with Gasteiger partial charge in [0.15, 0.2) is 18.4 Å². The molecule has 1 amide bonds. The van der Waals surface area contributed by atoms with E-state index in [2.05, 4.69) is 10.6 Å². The molecule has 4 atom stereocenters. The maximum Gasteiger partial charge on any atom is 0.408 e. The van der Waals surface area contributed by atoms with Crippen molar-refractivity contribution in [1.82, 2.24) is 10.6 Å². The Balaban J connectivity index is 1.62. The van der Waals surface area contributed by atoms with Crippen LogP contribution in [0.25, 0.3) is 0 Å². The Labute approximate surface area is 204 Å². The molecular weight excluding hydrogens is 452 g/mol. The van der Waals surface area contributed by atoms with Gasteiger partial charge in [-0.1, -0.05) is 67.6 Å². The lowest BCUT2D eigenvalue weighted by molar-refractivity contribution is -0.158. The summed E-state index contributed by atoms with van der Waals surface area (Å²) < 4.78 is 15.8. The van der Waals surface area contributed by atoms with Crippen LogP contribution >= 0.6 is 0 Å². The van der Waals surface area contributed by atoms with E-state index < -0.39 is 48.6 Å². The zero-order valence-electron chi connectivity index (χ0n) is 19.8. The molecule has 35 heavy (non-hydrogen) atoms. The van der Waals surface area contributed by atoms with Crippen molar-refractivity contribution in [2.75, 3.05) is 13.2 Å². The quantitative estimate of drug-likeness (QED) is 0.301. The highest BCUT2D eigenvalue weighted by Crippen LogP contribution is 2.15. The standard InChI is InChI=1S/C26H30N2O7/c1-17-13-21(27-14-17)24(30)35-18(2)23(28-26(32)34-15-19-9-5-3-6-10-19)25(31)33-16-22(29)20-11-7-4-8-12-20/h3-12,17-18,21,23,27H,13-16H2,1-2H3,(H,28,32)/t17-,18-,21-,23-/m0/s1. The summed E-state index contributed by atoms with van der Waals surface area (Å²) in [4.78, 5) is 50.1. The van der Waals surface area contributed by atoms with Gasteiger partial charge < -0.3 is 24.8 Å². The average molecular weight is 483 g/mol. The third-order valence-electron chi connectivity index (χ3n) is 5.59. The number of alkyl carbamates (subject to hydrolysis) is 1. The molecule has 1 saturated heterocycles. The minimum absolute atomic E-state index is 0.0149. The fourth-order valence-corrected chi connectivity index (χ4v) is 3.62. The van der Waals surface area contributed by atoms with Crippen molar-refractivity contribution >= 4 is 23.8 Å². The van der Waals surface area contributed by atoms with E-state index in [1.54, 1.807) is 54.6 Å². The SMILES string of the molecule is C[C@@H]1CN[C@H](C(=O)O[C@@H](C)[C@H](NC(=O)OCc2ccccc2)C(=O)OCC(=O)c2ccccc2)C1. The minimum Gasteiger partial charge on any atom is -0.459 e. The van der Waals surface area contributed by atoms with Crippen LogP contribution in [-0.4, -0.2) is 55.2 Å². The smallest absolute Gasteiger partial charge is 0.408 e. The Kier molecular flexibility index (Phi) is 9.37. The number of nitrogens with one attached hydrogen (secondary N) is 2. The van der Waals surface area contributed by atoms with Gasteiger partial charge in [-0.05, 0) is 31.4 Å². The number of ketones is 1. The predicted molar refractivity (Wildman–Crippen MR) is 126 cm³/mol. The van der Waals surface area contributed by atoms with Crippen molar-refractivity contribution in [2.24, 2.45) is 5.92 Å². The summed E-state index contributed by atoms with van der Waals surface area (Å²) >= 11 is 0. The Morgan fingerprint density at radius 3 is 2.29 bits per heavy atom. The van der Waals surface area contributed by atoms with Crippen LogP contribution in [0.1, 0.15) is 36.2 Å². The third-order valence-corrected chi connectivity index (χ3v) is 5.59. The summed E-state index contributed by atoms with van der Waals surface area (Å²) in [6.45, 7) is 3.63. The number of benzene rings is 2. The number of rotatable bonds is 10. The van der Waals surface area contributed by atoms with Gasteiger partial charge >= 0.3 is 18.0 Å². The average Bonchev–Trinajstić information content (AvgIpc) is 3.31. The van der Waals surface area contributed by atoms with Gasteiger partial charge in [0.2, 0.25) is 0 Å². The highest BCUT2D eigenvalue weighted by atomic mass is 16.6. The molecule has 1 aliphatic heterocycles. The lowest BCUT2D eigenvalue weighted by atomic mass is 10.1. The fraction of sp³-hybridized carbons (Fsp3) is 0.385. The number of hydrogen-bond acceptors (Lipinski definition) is 8. The Bertz CT molecular complexity index is 1010. The summed E-state index contributed by atoms with van der Waals surface area (Å²) in [5, 5.41) is 5.48. The Hall–Kier alpha value is -3.72. The van der Waals surface area contributed by atoms with Gasteiger partial charge in [0, 0.05) is 5.56 Å². The minimum atomic E-state index is -1.37. The van der Waals surface area contributed by atoms with Crippen molar-refractivity contribution in [2.45, 2.75) is 45.1 Å². The van der Waals surface area contributed by atoms with Gasteiger partial charge in [0.1, 0.15) is 18.8 Å². The molecule has 0 saturated carbocycles. The number of hydrogen-bond donors (Lipinski definition) is 2. The van der Waals surface area contributed by atoms with Crippen LogP contribution < -0.4 is 10.6 Å². The van der Waals surface area contributed by atoms with Gasteiger partial charge in [0.25, 0.3) is 0 Å². The predicted octanol–water partition coefficient (Wildman–Crippen LogP) is 2.64. The zero-order chi connectivity index (χ0) is 25.2. The molecule has 1 heterocycles. The largest absolute Gasteiger partial charge is 0.459 e. The summed E-state index contributed by atoms with van der Waals surface area (Å²) in [5.41, 5.74) is 1.14. The van der Waals surface area contributed by atoms with Crippen LogP contribution in [0.5, 0.6) is 0 Å². The second kappa shape index (κ2) is 12.7. The third kappa shape index (κ3) is 7.92. The van der Waals surface area contributed by atoms with E-state index in [4.69, 9.17) is 14.2 Å². The first-order valence-electron chi connectivity index (χ1n) is 11.5. The molecule has 9 heteroatoms. The van der Waals surface area contributed by atoms with Crippen molar-refractivity contribution < 1.29 is 33.4 Å². The van der Waals surface area contributed by atoms with Gasteiger partial charge in [-0.3, -0.25) is 9.59 Å². The van der Waals surface area contributed by atoms with Crippen molar-refractivity contribution in [3.05, 3.63) is 71.8 Å². The number of carbonyl (C=O) groups is 4. The number of esters is 2. The van der Waals surface area contributed by atoms with E-state index in [9.17, 15) is 19.2 Å². The molecule has 0 aromatic heterocycles. The van der Waals surface area contributed by atoms with Gasteiger partial charge in [0.05, 0.1) is 0 Å². The maximum atomic E-state index is 12.8. The molecule has 2 N–H and O–H groups in total. The number of Topliss-reactive ketones (excluding diaryl/α,β-unsaturated/α-hetero) is 1. The van der Waals surface area contributed by atoms with E-state index in [0.717, 1.165) is 5.56 Å². The highest BCUT2D eigenvalue weighted by molar-refractivity contribution is 5.98. The van der Waals surface area contributed by atoms with Gasteiger partial charge in [-0.15, -0.1) is 0 Å². The summed E-state index contributed by atoms with van der Waals surface area (Å²) in [5.74, 6) is -1.53. The molecule has 0 bridgehead atoms. The molecule has 0 spiro atoms. The topological polar surface area (TPSA) is 120 Å². The molecule has 2 aromatic rings. The van der Waals surface area contributed by atoms with Crippen LogP contribution in [0.4, 0.5) is 4.79 Å². The van der Waals surface area contributed by atoms with Gasteiger partial charge in [-0.25, -0.2) is 9.59 Å². The lowest BCUT2D eigenvalue weighted by Gasteiger charge is -2.24. The van der Waals surface area contributed by atoms with Crippen LogP contribution in [0.2, 0.25) is 0 Å². The molecule has 1 fully saturated rings. The first kappa shape index (κ1) is 25.9. The molecule has 9 nitrogen and oxygen atoms in total. The van der Waals surface area contributed by atoms with Crippen LogP contribution in [-0.2, 0) is 30.4 Å². The van der Waals surface area contributed by atoms with Gasteiger partial charge in [-0.2, -0.15) is 0 Å². The van der Waals surface area contributed by atoms with E-state index in [1.807, 2.05) is 13.0 Å². The van der Waals surface area contributed by atoms with Crippen molar-refractivity contribution in [3.8, 4) is 0 Å². The molecule has 186 valence electrons. The Morgan fingerprint density at radius 1 is 1.00 bits per heavy atom. The van der Waals surface area contributed by atoms with Crippen molar-refractivity contribution in [1.29, 1.82) is 0 Å². The molecule has 3 rings (SSSR count). The van der Waals surface area contributed by atoms with Crippen LogP contribution in [0, 0.1) is 5.92 Å². The fourth-order valence-electron chi connectivity index (χ4n) is 3.62. The summed E-state index contributed by atoms with van der Waals surface area (Å²) in [7, 11) is 0. The first-order valence-corrected chi connectivity index (χ1v) is 11.5. The molecule has 0 aliphatic carbocycles. The molecule has 0 radical (unpaired) electrons. The number of ether oxygens (including phenoxy) is 3. The van der Waals surface area contributed by atoms with E-state index in [1.165, 1.54) is 6.92 Å². The Morgan fingerprint density at radius 2 is 1.66 bits per heavy atom. The zero-order valence-corrected chi connectivity index (χ0v) is 19.8. The summed E-state index contributed by atoms with van der Waals surface area (Å²) in [6, 6.07) is 15.5. The number of carbonyl (C=O) groups excluding carboxylic acids is 4. The normalized spacial score (nSPS) is 18.7. The summed E-state index contributed by atoms with van der Waals surface area (Å²) in [6.07, 6.45) is -1.34. The first-order chi connectivity index (χ1) is 16.8. The number of amides is 1. The molecular formula is C26H30N2O7.